The highest BCUT2D eigenvalue weighted by atomic mass is 16.5. The molecule has 0 amide bonds. The van der Waals surface area contributed by atoms with Gasteiger partial charge >= 0.3 is 0 Å². The van der Waals surface area contributed by atoms with Crippen LogP contribution in [-0.2, 0) is 17.9 Å². The number of benzene rings is 3. The fourth-order valence-electron chi connectivity index (χ4n) is 5.08. The van der Waals surface area contributed by atoms with Crippen LogP contribution in [0.5, 0.6) is 11.5 Å². The number of hydrogen-bond acceptors (Lipinski definition) is 4. The molecular weight excluding hydrogens is 456 g/mol. The highest BCUT2D eigenvalue weighted by molar-refractivity contribution is 6.07. The van der Waals surface area contributed by atoms with Crippen LogP contribution in [0.3, 0.4) is 0 Å². The SMILES string of the molecule is Cc1ccc2cccc3c2c1-c1c(c2cc(-c4nc(C(C)(C)C)nc(C(C)(C)C)n4)ccc2c[n+]1C)O3. The molecule has 0 bridgehead atoms. The van der Waals surface area contributed by atoms with Crippen LogP contribution in [0.1, 0.15) is 58.8 Å². The largest absolute Gasteiger partial charge is 0.449 e. The smallest absolute Gasteiger partial charge is 0.257 e. The van der Waals surface area contributed by atoms with Crippen molar-refractivity contribution in [2.75, 3.05) is 0 Å². The van der Waals surface area contributed by atoms with E-state index in [9.17, 15) is 0 Å². The van der Waals surface area contributed by atoms with Gasteiger partial charge in [0.1, 0.15) is 24.4 Å². The Morgan fingerprint density at radius 3 is 2.14 bits per heavy atom. The zero-order valence-electron chi connectivity index (χ0n) is 22.9. The van der Waals surface area contributed by atoms with E-state index in [-0.39, 0.29) is 10.8 Å². The fourth-order valence-corrected chi connectivity index (χ4v) is 5.08. The average molecular weight is 490 g/mol. The first-order chi connectivity index (χ1) is 17.4. The van der Waals surface area contributed by atoms with Crippen LogP contribution in [0.2, 0.25) is 0 Å². The molecule has 0 saturated heterocycles. The number of aromatic nitrogens is 4. The quantitative estimate of drug-likeness (QED) is 0.227. The maximum absolute atomic E-state index is 6.67. The summed E-state index contributed by atoms with van der Waals surface area (Å²) in [6, 6.07) is 17.1. The van der Waals surface area contributed by atoms with Crippen LogP contribution in [0.25, 0.3) is 44.2 Å². The lowest BCUT2D eigenvalue weighted by atomic mass is 9.92. The van der Waals surface area contributed by atoms with E-state index in [2.05, 4.69) is 115 Å². The lowest BCUT2D eigenvalue weighted by Crippen LogP contribution is -2.32. The molecule has 0 radical (unpaired) electrons. The van der Waals surface area contributed by atoms with E-state index in [1.807, 2.05) is 0 Å². The molecular formula is C32H33N4O+. The molecule has 5 aromatic rings. The van der Waals surface area contributed by atoms with Crippen molar-refractivity contribution < 1.29 is 9.30 Å². The Labute approximate surface area is 218 Å². The summed E-state index contributed by atoms with van der Waals surface area (Å²) >= 11 is 0. The third kappa shape index (κ3) is 3.76. The molecule has 5 nitrogen and oxygen atoms in total. The molecule has 3 aromatic carbocycles. The summed E-state index contributed by atoms with van der Waals surface area (Å²) in [5.41, 5.74) is 4.13. The Morgan fingerprint density at radius 1 is 0.784 bits per heavy atom. The molecule has 0 saturated carbocycles. The number of rotatable bonds is 1. The van der Waals surface area contributed by atoms with Crippen molar-refractivity contribution in [1.29, 1.82) is 0 Å². The van der Waals surface area contributed by atoms with Gasteiger partial charge in [-0.05, 0) is 36.1 Å². The number of aryl methyl sites for hydroxylation is 2. The maximum Gasteiger partial charge on any atom is 0.257 e. The normalized spacial score (nSPS) is 13.1. The first-order valence-corrected chi connectivity index (χ1v) is 12.9. The summed E-state index contributed by atoms with van der Waals surface area (Å²) in [5, 5.41) is 4.51. The number of fused-ring (bicyclic) bond motifs is 4. The molecule has 1 aliphatic rings. The lowest BCUT2D eigenvalue weighted by molar-refractivity contribution is -0.659. The van der Waals surface area contributed by atoms with Crippen LogP contribution in [0.15, 0.2) is 54.7 Å². The molecule has 37 heavy (non-hydrogen) atoms. The standard InChI is InChI=1S/C32H33N4O/c1-18-12-13-19-10-9-11-23-25(19)24(18)26-27(37-23)22-16-20(14-15-21(22)17-36(26)8)28-33-29(31(2,3)4)35-30(34-28)32(5,6)7/h9-17H,1-8H3/q+1. The molecule has 1 aliphatic heterocycles. The summed E-state index contributed by atoms with van der Waals surface area (Å²) < 4.78 is 8.86. The third-order valence-electron chi connectivity index (χ3n) is 7.10. The molecule has 6 rings (SSSR count). The molecule has 3 heterocycles. The number of hydrogen-bond donors (Lipinski definition) is 0. The van der Waals surface area contributed by atoms with E-state index in [1.54, 1.807) is 0 Å². The molecule has 0 fully saturated rings. The van der Waals surface area contributed by atoms with Gasteiger partial charge in [0.15, 0.2) is 12.0 Å². The van der Waals surface area contributed by atoms with Crippen molar-refractivity contribution in [3.63, 3.8) is 0 Å². The first-order valence-electron chi connectivity index (χ1n) is 12.9. The van der Waals surface area contributed by atoms with Gasteiger partial charge in [-0.1, -0.05) is 71.9 Å². The van der Waals surface area contributed by atoms with E-state index >= 15 is 0 Å². The van der Waals surface area contributed by atoms with E-state index in [4.69, 9.17) is 19.7 Å². The van der Waals surface area contributed by atoms with Gasteiger partial charge in [-0.2, -0.15) is 4.57 Å². The predicted molar refractivity (Wildman–Crippen MR) is 149 cm³/mol. The Hall–Kier alpha value is -3.86. The van der Waals surface area contributed by atoms with Crippen molar-refractivity contribution >= 4 is 21.5 Å². The van der Waals surface area contributed by atoms with Gasteiger partial charge in [-0.15, -0.1) is 0 Å². The second-order valence-electron chi connectivity index (χ2n) is 12.2. The van der Waals surface area contributed by atoms with Gasteiger partial charge in [-0.25, -0.2) is 15.0 Å². The van der Waals surface area contributed by atoms with Crippen LogP contribution in [-0.4, -0.2) is 15.0 Å². The molecule has 186 valence electrons. The predicted octanol–water partition coefficient (Wildman–Crippen LogP) is 7.35. The minimum Gasteiger partial charge on any atom is -0.449 e. The van der Waals surface area contributed by atoms with Crippen molar-refractivity contribution in [2.45, 2.75) is 59.3 Å². The maximum atomic E-state index is 6.67. The van der Waals surface area contributed by atoms with Crippen molar-refractivity contribution in [2.24, 2.45) is 7.05 Å². The number of ether oxygens (including phenoxy) is 1. The summed E-state index contributed by atoms with van der Waals surface area (Å²) in [5.74, 6) is 4.07. The molecule has 0 N–H and O–H groups in total. The lowest BCUT2D eigenvalue weighted by Gasteiger charge is -2.23. The number of nitrogens with zero attached hydrogens (tertiary/aromatic N) is 4. The summed E-state index contributed by atoms with van der Waals surface area (Å²) in [6.45, 7) is 15.0. The summed E-state index contributed by atoms with van der Waals surface area (Å²) in [4.78, 5) is 14.7. The number of pyridine rings is 1. The van der Waals surface area contributed by atoms with Crippen molar-refractivity contribution in [1.82, 2.24) is 15.0 Å². The monoisotopic (exact) mass is 489 g/mol. The van der Waals surface area contributed by atoms with Crippen molar-refractivity contribution in [3.8, 4) is 34.1 Å². The van der Waals surface area contributed by atoms with Crippen LogP contribution in [0, 0.1) is 6.92 Å². The van der Waals surface area contributed by atoms with Crippen LogP contribution in [0.4, 0.5) is 0 Å². The third-order valence-corrected chi connectivity index (χ3v) is 7.10. The molecule has 0 atom stereocenters. The average Bonchev–Trinajstić information content (AvgIpc) is 2.84. The Balaban J connectivity index is 1.63. The van der Waals surface area contributed by atoms with Gasteiger partial charge in [-0.3, -0.25) is 0 Å². The molecule has 2 aromatic heterocycles. The molecule has 5 heteroatoms. The minimum atomic E-state index is -0.190. The van der Waals surface area contributed by atoms with E-state index < -0.39 is 0 Å². The topological polar surface area (TPSA) is 51.8 Å². The zero-order valence-corrected chi connectivity index (χ0v) is 22.9. The Kier molecular flexibility index (Phi) is 4.97. The van der Waals surface area contributed by atoms with Gasteiger partial charge in [0, 0.05) is 32.6 Å². The van der Waals surface area contributed by atoms with Gasteiger partial charge in [0.05, 0.1) is 5.56 Å². The Bertz CT molecular complexity index is 1710. The highest BCUT2D eigenvalue weighted by Gasteiger charge is 2.31. The highest BCUT2D eigenvalue weighted by Crippen LogP contribution is 2.49. The van der Waals surface area contributed by atoms with Crippen molar-refractivity contribution in [3.05, 3.63) is 71.9 Å². The van der Waals surface area contributed by atoms with Crippen LogP contribution >= 0.6 is 0 Å². The summed E-state index contributed by atoms with van der Waals surface area (Å²) in [7, 11) is 2.10. The summed E-state index contributed by atoms with van der Waals surface area (Å²) in [6.07, 6.45) is 2.18. The van der Waals surface area contributed by atoms with Gasteiger partial charge in [0.25, 0.3) is 5.69 Å². The fraction of sp³-hybridized carbons (Fsp3) is 0.312. The van der Waals surface area contributed by atoms with Crippen LogP contribution < -0.4 is 9.30 Å². The first kappa shape index (κ1) is 23.5. The zero-order chi connectivity index (χ0) is 26.3. The molecule has 0 spiro atoms. The van der Waals surface area contributed by atoms with Gasteiger partial charge < -0.3 is 4.74 Å². The van der Waals surface area contributed by atoms with E-state index in [0.29, 0.717) is 5.82 Å². The van der Waals surface area contributed by atoms with Gasteiger partial charge in [0.2, 0.25) is 5.75 Å². The second-order valence-corrected chi connectivity index (χ2v) is 12.2. The minimum absolute atomic E-state index is 0.190. The van der Waals surface area contributed by atoms with E-state index in [0.717, 1.165) is 45.2 Å². The molecule has 0 aliphatic carbocycles. The molecule has 0 unspecified atom stereocenters. The Morgan fingerprint density at radius 2 is 1.46 bits per heavy atom. The second kappa shape index (κ2) is 7.82. The van der Waals surface area contributed by atoms with E-state index in [1.165, 1.54) is 21.9 Å².